The number of allylic oxidation sites excluding steroid dienone is 2. The molecular weight excluding hydrogens is 512 g/mol. The van der Waals surface area contributed by atoms with Crippen molar-refractivity contribution in [3.05, 3.63) is 108 Å². The molecule has 1 atom stereocenters. The minimum atomic E-state index is -0.496. The fourth-order valence-electron chi connectivity index (χ4n) is 5.88. The highest BCUT2D eigenvalue weighted by Gasteiger charge is 2.43. The van der Waals surface area contributed by atoms with Crippen LogP contribution in [0.1, 0.15) is 38.3 Å². The Hall–Kier alpha value is -4.98. The van der Waals surface area contributed by atoms with Crippen LogP contribution in [-0.2, 0) is 4.79 Å². The number of hydrogen-bond donors (Lipinski definition) is 1. The van der Waals surface area contributed by atoms with E-state index in [0.29, 0.717) is 18.2 Å². The van der Waals surface area contributed by atoms with Gasteiger partial charge in [0.05, 0.1) is 18.5 Å². The monoisotopic (exact) mass is 542 g/mol. The average molecular weight is 543 g/mol. The molecule has 1 aliphatic carbocycles. The Balaban J connectivity index is 1.47. The van der Waals surface area contributed by atoms with Crippen LogP contribution in [0.25, 0.3) is 28.3 Å². The van der Waals surface area contributed by atoms with Crippen LogP contribution < -0.4 is 10.1 Å². The minimum absolute atomic E-state index is 0.115. The van der Waals surface area contributed by atoms with Gasteiger partial charge in [0.1, 0.15) is 11.8 Å². The van der Waals surface area contributed by atoms with Gasteiger partial charge in [-0.25, -0.2) is 9.36 Å². The first-order valence-electron chi connectivity index (χ1n) is 13.7. The number of Topliss-reactive ketones (excluding diaryl/α,β-unsaturated/α-hetero) is 1. The third kappa shape index (κ3) is 4.41. The Morgan fingerprint density at radius 2 is 1.59 bits per heavy atom. The third-order valence-corrected chi connectivity index (χ3v) is 7.79. The predicted molar refractivity (Wildman–Crippen MR) is 158 cm³/mol. The topological polar surface area (TPSA) is 86.9 Å². The number of carbonyl (C=O) groups excluding carboxylic acids is 1. The molecule has 0 spiro atoms. The van der Waals surface area contributed by atoms with E-state index in [4.69, 9.17) is 19.9 Å². The Morgan fingerprint density at radius 1 is 0.878 bits per heavy atom. The first-order valence-corrected chi connectivity index (χ1v) is 13.7. The van der Waals surface area contributed by atoms with Crippen molar-refractivity contribution in [3.8, 4) is 34.1 Å². The van der Waals surface area contributed by atoms with Gasteiger partial charge in [0, 0.05) is 40.6 Å². The second kappa shape index (κ2) is 9.59. The summed E-state index contributed by atoms with van der Waals surface area (Å²) in [6, 6.07) is 27.3. The zero-order chi connectivity index (χ0) is 28.1. The number of hydrogen-bond acceptors (Lipinski definition) is 6. The number of nitrogens with one attached hydrogen (secondary N) is 1. The van der Waals surface area contributed by atoms with E-state index in [1.807, 2.05) is 100 Å². The van der Waals surface area contributed by atoms with Crippen molar-refractivity contribution in [3.63, 3.8) is 0 Å². The zero-order valence-electron chi connectivity index (χ0n) is 23.2. The lowest BCUT2D eigenvalue weighted by Gasteiger charge is -2.38. The molecule has 8 heteroatoms. The molecule has 5 aromatic rings. The molecule has 0 fully saturated rings. The SMILES string of the molecule is COc1ccc(-c2nn(-c3ccccc3)cc2[C@@H]2C3=C(CC(C)(C)CC3=O)Nc3nc(-c4ccccc4)nn32)cc1. The smallest absolute Gasteiger partial charge is 0.226 e. The van der Waals surface area contributed by atoms with Gasteiger partial charge in [0.15, 0.2) is 11.6 Å². The number of methoxy groups -OCH3 is 1. The van der Waals surface area contributed by atoms with Gasteiger partial charge in [-0.05, 0) is 48.2 Å². The van der Waals surface area contributed by atoms with Crippen molar-refractivity contribution in [2.75, 3.05) is 12.4 Å². The molecule has 7 rings (SSSR count). The number of rotatable bonds is 5. The van der Waals surface area contributed by atoms with Gasteiger partial charge in [-0.2, -0.15) is 10.1 Å². The molecular formula is C33H30N6O2. The third-order valence-electron chi connectivity index (χ3n) is 7.79. The lowest BCUT2D eigenvalue weighted by atomic mass is 9.73. The summed E-state index contributed by atoms with van der Waals surface area (Å²) < 4.78 is 9.15. The number of fused-ring (bicyclic) bond motifs is 1. The predicted octanol–water partition coefficient (Wildman–Crippen LogP) is 6.46. The van der Waals surface area contributed by atoms with Gasteiger partial charge in [0.2, 0.25) is 5.95 Å². The van der Waals surface area contributed by atoms with Gasteiger partial charge in [-0.3, -0.25) is 4.79 Å². The quantitative estimate of drug-likeness (QED) is 0.274. The molecule has 3 aromatic carbocycles. The molecule has 0 saturated heterocycles. The van der Waals surface area contributed by atoms with Crippen molar-refractivity contribution in [2.45, 2.75) is 32.7 Å². The fraction of sp³-hybridized carbons (Fsp3) is 0.212. The van der Waals surface area contributed by atoms with Crippen LogP contribution in [0.5, 0.6) is 5.75 Å². The molecule has 2 aliphatic rings. The normalized spacial score (nSPS) is 17.5. The summed E-state index contributed by atoms with van der Waals surface area (Å²) in [5.74, 6) is 2.10. The minimum Gasteiger partial charge on any atom is -0.497 e. The lowest BCUT2D eigenvalue weighted by Crippen LogP contribution is -2.36. The maximum Gasteiger partial charge on any atom is 0.226 e. The van der Waals surface area contributed by atoms with Crippen LogP contribution in [0, 0.1) is 5.41 Å². The second-order valence-corrected chi connectivity index (χ2v) is 11.4. The number of benzene rings is 3. The average Bonchev–Trinajstić information content (AvgIpc) is 3.61. The summed E-state index contributed by atoms with van der Waals surface area (Å²) in [7, 11) is 1.65. The molecule has 41 heavy (non-hydrogen) atoms. The summed E-state index contributed by atoms with van der Waals surface area (Å²) in [6.07, 6.45) is 3.23. The van der Waals surface area contributed by atoms with Crippen molar-refractivity contribution < 1.29 is 9.53 Å². The van der Waals surface area contributed by atoms with E-state index in [-0.39, 0.29) is 11.2 Å². The largest absolute Gasteiger partial charge is 0.497 e. The molecule has 0 bridgehead atoms. The van der Waals surface area contributed by atoms with Crippen LogP contribution in [0.2, 0.25) is 0 Å². The second-order valence-electron chi connectivity index (χ2n) is 11.4. The van der Waals surface area contributed by atoms with Gasteiger partial charge >= 0.3 is 0 Å². The Labute approximate surface area is 238 Å². The van der Waals surface area contributed by atoms with Crippen LogP contribution in [-0.4, -0.2) is 37.4 Å². The van der Waals surface area contributed by atoms with Gasteiger partial charge < -0.3 is 10.1 Å². The number of carbonyl (C=O) groups is 1. The number of para-hydroxylation sites is 1. The van der Waals surface area contributed by atoms with Crippen LogP contribution >= 0.6 is 0 Å². The van der Waals surface area contributed by atoms with Gasteiger partial charge in [-0.1, -0.05) is 62.4 Å². The van der Waals surface area contributed by atoms with Crippen molar-refractivity contribution in [1.29, 1.82) is 0 Å². The fourth-order valence-corrected chi connectivity index (χ4v) is 5.88. The summed E-state index contributed by atoms with van der Waals surface area (Å²) in [5.41, 5.74) is 5.89. The Bertz CT molecular complexity index is 1780. The maximum absolute atomic E-state index is 13.9. The molecule has 0 amide bonds. The molecule has 0 radical (unpaired) electrons. The van der Waals surface area contributed by atoms with Crippen molar-refractivity contribution in [1.82, 2.24) is 24.5 Å². The lowest BCUT2D eigenvalue weighted by molar-refractivity contribution is -0.118. The Kier molecular flexibility index (Phi) is 5.85. The summed E-state index contributed by atoms with van der Waals surface area (Å²) in [5, 5.41) is 13.5. The van der Waals surface area contributed by atoms with E-state index in [1.54, 1.807) is 7.11 Å². The number of ether oxygens (including phenoxy) is 1. The van der Waals surface area contributed by atoms with E-state index in [2.05, 4.69) is 19.2 Å². The molecule has 0 saturated carbocycles. The van der Waals surface area contributed by atoms with Crippen molar-refractivity contribution in [2.24, 2.45) is 5.41 Å². The first-order chi connectivity index (χ1) is 19.9. The molecule has 204 valence electrons. The van der Waals surface area contributed by atoms with Crippen LogP contribution in [0.3, 0.4) is 0 Å². The van der Waals surface area contributed by atoms with E-state index in [1.165, 1.54) is 0 Å². The molecule has 1 aliphatic heterocycles. The molecule has 2 aromatic heterocycles. The molecule has 0 unspecified atom stereocenters. The van der Waals surface area contributed by atoms with E-state index in [9.17, 15) is 4.79 Å². The van der Waals surface area contributed by atoms with E-state index >= 15 is 0 Å². The highest BCUT2D eigenvalue weighted by Crippen LogP contribution is 2.47. The van der Waals surface area contributed by atoms with Crippen molar-refractivity contribution >= 4 is 11.7 Å². The van der Waals surface area contributed by atoms with Gasteiger partial charge in [-0.15, -0.1) is 5.10 Å². The summed E-state index contributed by atoms with van der Waals surface area (Å²) >= 11 is 0. The molecule has 1 N–H and O–H groups in total. The van der Waals surface area contributed by atoms with Crippen LogP contribution in [0.4, 0.5) is 5.95 Å². The van der Waals surface area contributed by atoms with Crippen LogP contribution in [0.15, 0.2) is 102 Å². The summed E-state index contributed by atoms with van der Waals surface area (Å²) in [6.45, 7) is 4.27. The highest BCUT2D eigenvalue weighted by molar-refractivity contribution is 6.00. The molecule has 3 heterocycles. The summed E-state index contributed by atoms with van der Waals surface area (Å²) in [4.78, 5) is 18.8. The van der Waals surface area contributed by atoms with Gasteiger partial charge in [0.25, 0.3) is 0 Å². The van der Waals surface area contributed by atoms with E-state index in [0.717, 1.165) is 51.5 Å². The van der Waals surface area contributed by atoms with E-state index < -0.39 is 6.04 Å². The zero-order valence-corrected chi connectivity index (χ0v) is 23.2. The number of nitrogens with zero attached hydrogens (tertiary/aromatic N) is 5. The maximum atomic E-state index is 13.9. The number of anilines is 1. The highest BCUT2D eigenvalue weighted by atomic mass is 16.5. The number of aromatic nitrogens is 5. The standard InChI is InChI=1S/C33H30N6O2/c1-33(2)18-26-28(27(40)19-33)30(39-32(34-26)35-31(37-39)22-10-6-4-7-11-22)25-20-38(23-12-8-5-9-13-23)36-29(25)21-14-16-24(41-3)17-15-21/h4-17,20,30H,18-19H2,1-3H3,(H,34,35,37)/t30-/m1/s1. The molecule has 8 nitrogen and oxygen atoms in total. The first kappa shape index (κ1) is 25.0. The Morgan fingerprint density at radius 3 is 2.29 bits per heavy atom. The number of ketones is 1.